The maximum atomic E-state index is 13.1. The van der Waals surface area contributed by atoms with E-state index in [0.29, 0.717) is 48.2 Å². The average Bonchev–Trinajstić information content (AvgIpc) is 3.15. The summed E-state index contributed by atoms with van der Waals surface area (Å²) in [6.45, 7) is 1.75. The van der Waals surface area contributed by atoms with Gasteiger partial charge in [-0.1, -0.05) is 6.07 Å². The number of fused-ring (bicyclic) bond motifs is 3. The SMILES string of the molecule is COc1ccc(OC)c(C=C2Oc3c(ccc4c3CN(Cc3cccnc3)CO4)C2=O)c1. The van der Waals surface area contributed by atoms with Crippen molar-refractivity contribution >= 4 is 11.9 Å². The van der Waals surface area contributed by atoms with E-state index in [2.05, 4.69) is 9.88 Å². The third-order valence-electron chi connectivity index (χ3n) is 5.53. The predicted molar refractivity (Wildman–Crippen MR) is 118 cm³/mol. The fourth-order valence-corrected chi connectivity index (χ4v) is 3.95. The van der Waals surface area contributed by atoms with Gasteiger partial charge in [-0.2, -0.15) is 0 Å². The smallest absolute Gasteiger partial charge is 0.231 e. The first-order valence-corrected chi connectivity index (χ1v) is 10.2. The molecule has 2 aromatic carbocycles. The van der Waals surface area contributed by atoms with Gasteiger partial charge in [0, 0.05) is 31.0 Å². The molecule has 0 bridgehead atoms. The van der Waals surface area contributed by atoms with Crippen molar-refractivity contribution in [2.45, 2.75) is 13.1 Å². The number of methoxy groups -OCH3 is 2. The van der Waals surface area contributed by atoms with Gasteiger partial charge in [-0.25, -0.2) is 0 Å². The van der Waals surface area contributed by atoms with E-state index in [1.165, 1.54) is 0 Å². The number of benzene rings is 2. The van der Waals surface area contributed by atoms with Crippen LogP contribution >= 0.6 is 0 Å². The highest BCUT2D eigenvalue weighted by molar-refractivity contribution is 6.15. The van der Waals surface area contributed by atoms with E-state index < -0.39 is 0 Å². The summed E-state index contributed by atoms with van der Waals surface area (Å²) in [5.41, 5.74) is 3.19. The van der Waals surface area contributed by atoms with Gasteiger partial charge in [-0.3, -0.25) is 14.7 Å². The Morgan fingerprint density at radius 2 is 2.06 bits per heavy atom. The lowest BCUT2D eigenvalue weighted by Crippen LogP contribution is -2.31. The molecule has 0 atom stereocenters. The molecule has 0 saturated heterocycles. The fraction of sp³-hybridized carbons (Fsp3) is 0.200. The average molecular weight is 430 g/mol. The zero-order chi connectivity index (χ0) is 22.1. The molecule has 1 aromatic heterocycles. The summed E-state index contributed by atoms with van der Waals surface area (Å²) in [5.74, 6) is 2.65. The standard InChI is InChI=1S/C25H22N2O5/c1-29-18-5-7-21(30-2)17(10-18)11-23-24(28)19-6-8-22-20(25(19)32-23)14-27(15-31-22)13-16-4-3-9-26-12-16/h3-12H,13-15H2,1-2H3. The van der Waals surface area contributed by atoms with Gasteiger partial charge in [-0.15, -0.1) is 0 Å². The van der Waals surface area contributed by atoms with Crippen molar-refractivity contribution in [2.75, 3.05) is 21.0 Å². The normalized spacial score (nSPS) is 16.2. The maximum Gasteiger partial charge on any atom is 0.231 e. The molecule has 0 spiro atoms. The largest absolute Gasteiger partial charge is 0.497 e. The number of allylic oxidation sites excluding steroid dienone is 1. The van der Waals surface area contributed by atoms with E-state index in [1.807, 2.05) is 24.4 Å². The number of pyridine rings is 1. The molecule has 162 valence electrons. The number of carbonyl (C=O) groups is 1. The van der Waals surface area contributed by atoms with Crippen LogP contribution in [0.5, 0.6) is 23.0 Å². The molecular weight excluding hydrogens is 408 g/mol. The van der Waals surface area contributed by atoms with Crippen LogP contribution in [-0.2, 0) is 13.1 Å². The lowest BCUT2D eigenvalue weighted by atomic mass is 10.0. The maximum absolute atomic E-state index is 13.1. The second-order valence-corrected chi connectivity index (χ2v) is 7.59. The number of ether oxygens (including phenoxy) is 4. The van der Waals surface area contributed by atoms with Gasteiger partial charge in [0.15, 0.2) is 5.76 Å². The number of rotatable bonds is 5. The topological polar surface area (TPSA) is 70.1 Å². The zero-order valence-corrected chi connectivity index (χ0v) is 17.8. The molecule has 5 rings (SSSR count). The molecular formula is C25H22N2O5. The van der Waals surface area contributed by atoms with Crippen LogP contribution in [0, 0.1) is 0 Å². The monoisotopic (exact) mass is 430 g/mol. The quantitative estimate of drug-likeness (QED) is 0.565. The van der Waals surface area contributed by atoms with E-state index in [1.54, 1.807) is 50.8 Å². The highest BCUT2D eigenvalue weighted by Gasteiger charge is 2.33. The Balaban J connectivity index is 1.45. The Morgan fingerprint density at radius 1 is 1.16 bits per heavy atom. The molecule has 7 heteroatoms. The van der Waals surface area contributed by atoms with Crippen LogP contribution in [0.4, 0.5) is 0 Å². The molecule has 0 fully saturated rings. The number of aromatic nitrogens is 1. The Morgan fingerprint density at radius 3 is 2.84 bits per heavy atom. The number of nitrogens with zero attached hydrogens (tertiary/aromatic N) is 2. The van der Waals surface area contributed by atoms with Gasteiger partial charge >= 0.3 is 0 Å². The lowest BCUT2D eigenvalue weighted by molar-refractivity contribution is 0.0872. The molecule has 0 amide bonds. The Bertz CT molecular complexity index is 1210. The molecule has 0 aliphatic carbocycles. The van der Waals surface area contributed by atoms with Crippen molar-refractivity contribution in [3.8, 4) is 23.0 Å². The summed E-state index contributed by atoms with van der Waals surface area (Å²) >= 11 is 0. The molecule has 2 aliphatic heterocycles. The molecule has 7 nitrogen and oxygen atoms in total. The summed E-state index contributed by atoms with van der Waals surface area (Å²) in [4.78, 5) is 19.4. The van der Waals surface area contributed by atoms with Crippen molar-refractivity contribution < 1.29 is 23.7 Å². The van der Waals surface area contributed by atoms with Gasteiger partial charge in [0.2, 0.25) is 5.78 Å². The second-order valence-electron chi connectivity index (χ2n) is 7.59. The molecule has 32 heavy (non-hydrogen) atoms. The first-order chi connectivity index (χ1) is 15.7. The number of hydrogen-bond donors (Lipinski definition) is 0. The second kappa shape index (κ2) is 8.36. The third-order valence-corrected chi connectivity index (χ3v) is 5.53. The van der Waals surface area contributed by atoms with E-state index in [9.17, 15) is 4.79 Å². The molecule has 0 saturated carbocycles. The van der Waals surface area contributed by atoms with Crippen LogP contribution in [0.15, 0.2) is 60.6 Å². The molecule has 0 unspecified atom stereocenters. The summed E-state index contributed by atoms with van der Waals surface area (Å²) < 4.78 is 22.8. The number of carbonyl (C=O) groups excluding carboxylic acids is 1. The van der Waals surface area contributed by atoms with Gasteiger partial charge in [0.1, 0.15) is 29.7 Å². The van der Waals surface area contributed by atoms with Gasteiger partial charge in [0.25, 0.3) is 0 Å². The minimum absolute atomic E-state index is 0.169. The van der Waals surface area contributed by atoms with Crippen molar-refractivity contribution in [2.24, 2.45) is 0 Å². The van der Waals surface area contributed by atoms with Crippen LogP contribution < -0.4 is 18.9 Å². The zero-order valence-electron chi connectivity index (χ0n) is 17.8. The van der Waals surface area contributed by atoms with E-state index in [-0.39, 0.29) is 11.5 Å². The summed E-state index contributed by atoms with van der Waals surface area (Å²) in [6, 6.07) is 12.9. The van der Waals surface area contributed by atoms with Crippen molar-refractivity contribution in [3.05, 3.63) is 82.9 Å². The van der Waals surface area contributed by atoms with Crippen LogP contribution in [0.1, 0.15) is 27.0 Å². The molecule has 3 heterocycles. The van der Waals surface area contributed by atoms with E-state index in [0.717, 1.165) is 16.9 Å². The highest BCUT2D eigenvalue weighted by Crippen LogP contribution is 2.42. The van der Waals surface area contributed by atoms with Crippen LogP contribution in [0.2, 0.25) is 0 Å². The molecule has 2 aliphatic rings. The Kier molecular flexibility index (Phi) is 5.25. The summed E-state index contributed by atoms with van der Waals surface area (Å²) in [7, 11) is 3.18. The van der Waals surface area contributed by atoms with Crippen molar-refractivity contribution in [1.29, 1.82) is 0 Å². The lowest BCUT2D eigenvalue weighted by Gasteiger charge is -2.29. The van der Waals surface area contributed by atoms with Crippen molar-refractivity contribution in [3.63, 3.8) is 0 Å². The number of hydrogen-bond acceptors (Lipinski definition) is 7. The first kappa shape index (κ1) is 20.1. The Hall–Kier alpha value is -3.84. The van der Waals surface area contributed by atoms with Gasteiger partial charge < -0.3 is 18.9 Å². The highest BCUT2D eigenvalue weighted by atomic mass is 16.5. The first-order valence-electron chi connectivity index (χ1n) is 10.2. The Labute approximate surface area is 185 Å². The molecule has 3 aromatic rings. The predicted octanol–water partition coefficient (Wildman–Crippen LogP) is 4.07. The third kappa shape index (κ3) is 3.67. The van der Waals surface area contributed by atoms with Gasteiger partial charge in [0.05, 0.1) is 25.3 Å². The fourth-order valence-electron chi connectivity index (χ4n) is 3.95. The molecule has 0 radical (unpaired) electrons. The summed E-state index contributed by atoms with van der Waals surface area (Å²) in [5, 5.41) is 0. The van der Waals surface area contributed by atoms with Crippen LogP contribution in [0.25, 0.3) is 6.08 Å². The summed E-state index contributed by atoms with van der Waals surface area (Å²) in [6.07, 6.45) is 5.28. The van der Waals surface area contributed by atoms with Crippen LogP contribution in [0.3, 0.4) is 0 Å². The number of ketones is 1. The minimum Gasteiger partial charge on any atom is -0.497 e. The van der Waals surface area contributed by atoms with E-state index in [4.69, 9.17) is 18.9 Å². The van der Waals surface area contributed by atoms with Crippen molar-refractivity contribution in [1.82, 2.24) is 9.88 Å². The molecule has 0 N–H and O–H groups in total. The number of Topliss-reactive ketones (excluding diaryl/α,β-unsaturated/α-hetero) is 1. The van der Waals surface area contributed by atoms with E-state index >= 15 is 0 Å². The minimum atomic E-state index is -0.169. The van der Waals surface area contributed by atoms with Crippen LogP contribution in [-0.4, -0.2) is 36.6 Å². The van der Waals surface area contributed by atoms with Gasteiger partial charge in [-0.05, 0) is 48.0 Å².